The van der Waals surface area contributed by atoms with E-state index in [9.17, 15) is 4.79 Å². The monoisotopic (exact) mass is 182 g/mol. The van der Waals surface area contributed by atoms with E-state index >= 15 is 0 Å². The first-order chi connectivity index (χ1) is 6.27. The fraction of sp³-hybridized carbons (Fsp3) is 0.500. The van der Waals surface area contributed by atoms with Crippen molar-refractivity contribution in [1.29, 1.82) is 0 Å². The lowest BCUT2D eigenvalue weighted by Crippen LogP contribution is -2.40. The van der Waals surface area contributed by atoms with Crippen LogP contribution in [0.2, 0.25) is 0 Å². The lowest BCUT2D eigenvalue weighted by atomic mass is 10.3. The average molecular weight is 182 g/mol. The Morgan fingerprint density at radius 2 is 2.46 bits per heavy atom. The Bertz CT molecular complexity index is 357. The van der Waals surface area contributed by atoms with E-state index in [1.54, 1.807) is 13.2 Å². The van der Waals surface area contributed by atoms with E-state index in [1.165, 1.54) is 10.8 Å². The third-order valence-corrected chi connectivity index (χ3v) is 1.87. The molecule has 2 rings (SSSR count). The van der Waals surface area contributed by atoms with E-state index in [1.807, 2.05) is 0 Å². The van der Waals surface area contributed by atoms with Gasteiger partial charge in [0.2, 0.25) is 0 Å². The second kappa shape index (κ2) is 3.18. The van der Waals surface area contributed by atoms with Crippen LogP contribution in [0.4, 0.5) is 0 Å². The van der Waals surface area contributed by atoms with E-state index in [2.05, 4.69) is 4.98 Å². The number of aryl methyl sites for hydroxylation is 1. The van der Waals surface area contributed by atoms with Crippen molar-refractivity contribution in [1.82, 2.24) is 9.55 Å². The second-order valence-corrected chi connectivity index (χ2v) is 2.93. The summed E-state index contributed by atoms with van der Waals surface area (Å²) in [4.78, 5) is 15.2. The molecule has 13 heavy (non-hydrogen) atoms. The van der Waals surface area contributed by atoms with Crippen LogP contribution in [-0.4, -0.2) is 28.9 Å². The molecule has 0 aromatic carbocycles. The van der Waals surface area contributed by atoms with Crippen LogP contribution < -0.4 is 10.3 Å². The highest BCUT2D eigenvalue weighted by Crippen LogP contribution is 2.07. The molecule has 0 atom stereocenters. The summed E-state index contributed by atoms with van der Waals surface area (Å²) >= 11 is 0. The van der Waals surface area contributed by atoms with Gasteiger partial charge < -0.3 is 14.0 Å². The number of nitrogens with zero attached hydrogens (tertiary/aromatic N) is 2. The molecule has 0 saturated carbocycles. The number of hydrogen-bond acceptors (Lipinski definition) is 4. The standard InChI is InChI=1S/C8H10N2O3/c1-10-3-2-9-7(8(10)11)13-6-4-12-5-6/h2-3,6H,4-5H2,1H3. The molecule has 1 aliphatic heterocycles. The molecule has 0 spiro atoms. The fourth-order valence-corrected chi connectivity index (χ4v) is 0.996. The summed E-state index contributed by atoms with van der Waals surface area (Å²) in [6, 6.07) is 0. The molecule has 0 radical (unpaired) electrons. The van der Waals surface area contributed by atoms with Crippen LogP contribution in [-0.2, 0) is 11.8 Å². The zero-order chi connectivity index (χ0) is 9.26. The summed E-state index contributed by atoms with van der Waals surface area (Å²) in [6.07, 6.45) is 3.12. The van der Waals surface area contributed by atoms with Crippen molar-refractivity contribution in [2.75, 3.05) is 13.2 Å². The largest absolute Gasteiger partial charge is 0.466 e. The SMILES string of the molecule is Cn1ccnc(OC2COC2)c1=O. The third kappa shape index (κ3) is 1.55. The molecule has 0 N–H and O–H groups in total. The van der Waals surface area contributed by atoms with E-state index in [4.69, 9.17) is 9.47 Å². The second-order valence-electron chi connectivity index (χ2n) is 2.93. The van der Waals surface area contributed by atoms with Crippen molar-refractivity contribution >= 4 is 0 Å². The highest BCUT2D eigenvalue weighted by atomic mass is 16.6. The van der Waals surface area contributed by atoms with Crippen molar-refractivity contribution in [3.63, 3.8) is 0 Å². The van der Waals surface area contributed by atoms with Crippen LogP contribution in [0.25, 0.3) is 0 Å². The summed E-state index contributed by atoms with van der Waals surface area (Å²) in [5.41, 5.74) is -0.214. The van der Waals surface area contributed by atoms with Crippen molar-refractivity contribution < 1.29 is 9.47 Å². The number of aromatic nitrogens is 2. The Morgan fingerprint density at radius 1 is 1.69 bits per heavy atom. The van der Waals surface area contributed by atoms with Gasteiger partial charge in [-0.3, -0.25) is 4.79 Å². The molecule has 1 aromatic rings. The summed E-state index contributed by atoms with van der Waals surface area (Å²) in [5, 5.41) is 0. The zero-order valence-corrected chi connectivity index (χ0v) is 7.27. The smallest absolute Gasteiger partial charge is 0.313 e. The van der Waals surface area contributed by atoms with Crippen LogP contribution in [0.3, 0.4) is 0 Å². The molecule has 1 fully saturated rings. The van der Waals surface area contributed by atoms with Gasteiger partial charge in [0.15, 0.2) is 0 Å². The number of rotatable bonds is 2. The fourth-order valence-electron chi connectivity index (χ4n) is 0.996. The van der Waals surface area contributed by atoms with Gasteiger partial charge in [-0.1, -0.05) is 0 Å². The predicted molar refractivity (Wildman–Crippen MR) is 44.7 cm³/mol. The van der Waals surface area contributed by atoms with Crippen molar-refractivity contribution in [2.24, 2.45) is 7.05 Å². The van der Waals surface area contributed by atoms with Crippen molar-refractivity contribution in [2.45, 2.75) is 6.10 Å². The lowest BCUT2D eigenvalue weighted by molar-refractivity contribution is -0.0820. The van der Waals surface area contributed by atoms with Gasteiger partial charge in [-0.15, -0.1) is 0 Å². The minimum Gasteiger partial charge on any atom is -0.466 e. The first kappa shape index (κ1) is 8.25. The summed E-state index contributed by atoms with van der Waals surface area (Å²) < 4.78 is 11.6. The summed E-state index contributed by atoms with van der Waals surface area (Å²) in [6.45, 7) is 1.08. The van der Waals surface area contributed by atoms with Gasteiger partial charge in [-0.2, -0.15) is 0 Å². The van der Waals surface area contributed by atoms with Gasteiger partial charge in [0.1, 0.15) is 6.10 Å². The molecule has 0 unspecified atom stereocenters. The summed E-state index contributed by atoms with van der Waals surface area (Å²) in [5.74, 6) is 0.151. The lowest BCUT2D eigenvalue weighted by Gasteiger charge is -2.25. The maximum absolute atomic E-state index is 11.4. The summed E-state index contributed by atoms with van der Waals surface area (Å²) in [7, 11) is 1.66. The molecule has 2 heterocycles. The molecule has 5 heteroatoms. The minimum absolute atomic E-state index is 0.0115. The van der Waals surface area contributed by atoms with Crippen LogP contribution in [0, 0.1) is 0 Å². The van der Waals surface area contributed by atoms with Crippen LogP contribution in [0.5, 0.6) is 5.88 Å². The number of ether oxygens (including phenoxy) is 2. The van der Waals surface area contributed by atoms with Gasteiger partial charge in [0.25, 0.3) is 5.88 Å². The Kier molecular flexibility index (Phi) is 2.02. The quantitative estimate of drug-likeness (QED) is 0.622. The highest BCUT2D eigenvalue weighted by molar-refractivity contribution is 5.05. The van der Waals surface area contributed by atoms with Gasteiger partial charge in [0, 0.05) is 19.4 Å². The molecule has 1 aliphatic rings. The molecule has 0 aliphatic carbocycles. The Hall–Kier alpha value is -1.36. The molecular weight excluding hydrogens is 172 g/mol. The number of hydrogen-bond donors (Lipinski definition) is 0. The Balaban J connectivity index is 2.19. The highest BCUT2D eigenvalue weighted by Gasteiger charge is 2.21. The van der Waals surface area contributed by atoms with Gasteiger partial charge >= 0.3 is 5.56 Å². The molecule has 1 aromatic heterocycles. The van der Waals surface area contributed by atoms with Crippen LogP contribution in [0.1, 0.15) is 0 Å². The molecule has 0 bridgehead atoms. The van der Waals surface area contributed by atoms with E-state index in [-0.39, 0.29) is 17.5 Å². The molecular formula is C8H10N2O3. The maximum Gasteiger partial charge on any atom is 0.313 e. The Morgan fingerprint density at radius 3 is 3.08 bits per heavy atom. The molecule has 70 valence electrons. The first-order valence-electron chi connectivity index (χ1n) is 4.03. The zero-order valence-electron chi connectivity index (χ0n) is 7.27. The van der Waals surface area contributed by atoms with E-state index < -0.39 is 0 Å². The topological polar surface area (TPSA) is 53.4 Å². The van der Waals surface area contributed by atoms with Gasteiger partial charge in [-0.25, -0.2) is 4.98 Å². The first-order valence-corrected chi connectivity index (χ1v) is 4.03. The van der Waals surface area contributed by atoms with Gasteiger partial charge in [-0.05, 0) is 0 Å². The predicted octanol–water partition coefficient (Wildman–Crippen LogP) is -0.442. The van der Waals surface area contributed by atoms with Crippen molar-refractivity contribution in [3.8, 4) is 5.88 Å². The average Bonchev–Trinajstić information content (AvgIpc) is 2.04. The molecule has 5 nitrogen and oxygen atoms in total. The molecule has 1 saturated heterocycles. The third-order valence-electron chi connectivity index (χ3n) is 1.87. The van der Waals surface area contributed by atoms with Crippen LogP contribution >= 0.6 is 0 Å². The molecule has 0 amide bonds. The Labute approximate surface area is 74.9 Å². The van der Waals surface area contributed by atoms with Gasteiger partial charge in [0.05, 0.1) is 13.2 Å². The minimum atomic E-state index is -0.214. The van der Waals surface area contributed by atoms with E-state index in [0.29, 0.717) is 13.2 Å². The van der Waals surface area contributed by atoms with E-state index in [0.717, 1.165) is 0 Å². The van der Waals surface area contributed by atoms with Crippen molar-refractivity contribution in [3.05, 3.63) is 22.7 Å². The maximum atomic E-state index is 11.4. The van der Waals surface area contributed by atoms with Crippen LogP contribution in [0.15, 0.2) is 17.2 Å². The normalized spacial score (nSPS) is 16.7.